The Balaban J connectivity index is 1.73. The van der Waals surface area contributed by atoms with Gasteiger partial charge in [-0.15, -0.1) is 0 Å². The fraction of sp³-hybridized carbons (Fsp3) is 0.619. The van der Waals surface area contributed by atoms with Gasteiger partial charge in [-0.05, 0) is 38.0 Å². The predicted octanol–water partition coefficient (Wildman–Crippen LogP) is 3.47. The standard InChI is InChI=1S/C21H31N3O4S/c1-4-19-20(16-7-8-17(28-5-2)18(15-16)26-3)22-24(21(25)29-19)10-6-9-23-11-13-27-14-12-23/h7-8,15,19H,4-6,9-14H2,1-3H3. The van der Waals surface area contributed by atoms with Crippen molar-refractivity contribution in [1.29, 1.82) is 0 Å². The molecular formula is C21H31N3O4S. The van der Waals surface area contributed by atoms with Crippen molar-refractivity contribution in [2.45, 2.75) is 31.9 Å². The zero-order valence-corrected chi connectivity index (χ0v) is 18.4. The lowest BCUT2D eigenvalue weighted by atomic mass is 10.0. The van der Waals surface area contributed by atoms with Gasteiger partial charge in [0.05, 0.1) is 37.9 Å². The van der Waals surface area contributed by atoms with Crippen LogP contribution in [0.25, 0.3) is 0 Å². The SMILES string of the molecule is CCOc1ccc(C2=NN(CCCN3CCOCC3)C(=O)SC2CC)cc1OC. The second kappa shape index (κ2) is 10.8. The van der Waals surface area contributed by atoms with E-state index in [1.807, 2.05) is 25.1 Å². The summed E-state index contributed by atoms with van der Waals surface area (Å²) in [5.41, 5.74) is 1.89. The van der Waals surface area contributed by atoms with Crippen molar-refractivity contribution >= 4 is 22.7 Å². The number of hydrogen-bond donors (Lipinski definition) is 0. The molecule has 1 aromatic rings. The quantitative estimate of drug-likeness (QED) is 0.608. The molecule has 0 saturated carbocycles. The minimum Gasteiger partial charge on any atom is -0.493 e. The van der Waals surface area contributed by atoms with Gasteiger partial charge in [-0.3, -0.25) is 9.69 Å². The van der Waals surface area contributed by atoms with Crippen molar-refractivity contribution in [3.8, 4) is 11.5 Å². The Morgan fingerprint density at radius 2 is 2.00 bits per heavy atom. The normalized spacial score (nSPS) is 20.5. The summed E-state index contributed by atoms with van der Waals surface area (Å²) in [4.78, 5) is 15.0. The topological polar surface area (TPSA) is 63.6 Å². The third kappa shape index (κ3) is 5.65. The fourth-order valence-electron chi connectivity index (χ4n) is 3.51. The molecule has 160 valence electrons. The highest BCUT2D eigenvalue weighted by Crippen LogP contribution is 2.33. The third-order valence-electron chi connectivity index (χ3n) is 5.07. The van der Waals surface area contributed by atoms with Crippen LogP contribution in [-0.2, 0) is 4.74 Å². The van der Waals surface area contributed by atoms with Crippen molar-refractivity contribution in [3.63, 3.8) is 0 Å². The van der Waals surface area contributed by atoms with Gasteiger partial charge in [0.2, 0.25) is 0 Å². The molecule has 2 aliphatic rings. The molecule has 1 aromatic carbocycles. The summed E-state index contributed by atoms with van der Waals surface area (Å²) in [7, 11) is 1.64. The maximum absolute atomic E-state index is 12.6. The summed E-state index contributed by atoms with van der Waals surface area (Å²) in [5, 5.41) is 6.45. The lowest BCUT2D eigenvalue weighted by Crippen LogP contribution is -2.39. The number of amides is 1. The minimum atomic E-state index is 0.0282. The maximum Gasteiger partial charge on any atom is 0.302 e. The monoisotopic (exact) mass is 421 g/mol. The van der Waals surface area contributed by atoms with Crippen LogP contribution in [0, 0.1) is 0 Å². The number of hydrogen-bond acceptors (Lipinski definition) is 7. The molecule has 0 spiro atoms. The number of morpholine rings is 1. The number of hydrazone groups is 1. The molecule has 7 nitrogen and oxygen atoms in total. The second-order valence-electron chi connectivity index (χ2n) is 7.00. The van der Waals surface area contributed by atoms with E-state index in [0.29, 0.717) is 24.7 Å². The molecule has 0 aliphatic carbocycles. The summed E-state index contributed by atoms with van der Waals surface area (Å²) in [6.07, 6.45) is 1.73. The zero-order chi connectivity index (χ0) is 20.6. The largest absolute Gasteiger partial charge is 0.493 e. The van der Waals surface area contributed by atoms with Crippen molar-refractivity contribution in [2.24, 2.45) is 5.10 Å². The molecule has 2 aliphatic heterocycles. The lowest BCUT2D eigenvalue weighted by Gasteiger charge is -2.30. The van der Waals surface area contributed by atoms with Gasteiger partial charge >= 0.3 is 5.24 Å². The molecule has 1 unspecified atom stereocenters. The highest BCUT2D eigenvalue weighted by molar-refractivity contribution is 8.14. The first kappa shape index (κ1) is 21.9. The van der Waals surface area contributed by atoms with Crippen LogP contribution in [0.15, 0.2) is 23.3 Å². The van der Waals surface area contributed by atoms with Crippen LogP contribution >= 0.6 is 11.8 Å². The Morgan fingerprint density at radius 3 is 2.69 bits per heavy atom. The van der Waals surface area contributed by atoms with Gasteiger partial charge in [-0.2, -0.15) is 5.10 Å². The molecule has 0 bridgehead atoms. The second-order valence-corrected chi connectivity index (χ2v) is 8.15. The van der Waals surface area contributed by atoms with E-state index in [1.54, 1.807) is 12.1 Å². The van der Waals surface area contributed by atoms with E-state index in [9.17, 15) is 4.79 Å². The predicted molar refractivity (Wildman–Crippen MR) is 116 cm³/mol. The van der Waals surface area contributed by atoms with Crippen molar-refractivity contribution in [3.05, 3.63) is 23.8 Å². The molecule has 8 heteroatoms. The Bertz CT molecular complexity index is 722. The van der Waals surface area contributed by atoms with Crippen LogP contribution in [0.1, 0.15) is 32.3 Å². The van der Waals surface area contributed by atoms with Crippen molar-refractivity contribution < 1.29 is 19.0 Å². The molecule has 1 amide bonds. The smallest absolute Gasteiger partial charge is 0.302 e. The van der Waals surface area contributed by atoms with E-state index in [-0.39, 0.29) is 10.5 Å². The van der Waals surface area contributed by atoms with Crippen molar-refractivity contribution in [2.75, 3.05) is 53.1 Å². The number of carbonyl (C=O) groups excluding carboxylic acids is 1. The van der Waals surface area contributed by atoms with E-state index < -0.39 is 0 Å². The lowest BCUT2D eigenvalue weighted by molar-refractivity contribution is 0.0366. The molecule has 1 saturated heterocycles. The summed E-state index contributed by atoms with van der Waals surface area (Å²) in [6.45, 7) is 9.69. The number of thioether (sulfide) groups is 1. The molecular weight excluding hydrogens is 390 g/mol. The number of methoxy groups -OCH3 is 1. The van der Waals surface area contributed by atoms with Crippen molar-refractivity contribution in [1.82, 2.24) is 9.91 Å². The first-order valence-corrected chi connectivity index (χ1v) is 11.2. The van der Waals surface area contributed by atoms with Gasteiger partial charge < -0.3 is 14.2 Å². The van der Waals surface area contributed by atoms with E-state index in [4.69, 9.17) is 19.3 Å². The summed E-state index contributed by atoms with van der Waals surface area (Å²) < 4.78 is 16.5. The van der Waals surface area contributed by atoms with E-state index in [2.05, 4.69) is 11.8 Å². The Morgan fingerprint density at radius 1 is 1.21 bits per heavy atom. The first-order valence-electron chi connectivity index (χ1n) is 10.3. The molecule has 3 rings (SSSR count). The number of ether oxygens (including phenoxy) is 3. The van der Waals surface area contributed by atoms with Gasteiger partial charge in [0, 0.05) is 31.7 Å². The average Bonchev–Trinajstić information content (AvgIpc) is 2.76. The van der Waals surface area contributed by atoms with E-state index in [0.717, 1.165) is 57.0 Å². The van der Waals surface area contributed by atoms with Crippen LogP contribution in [0.4, 0.5) is 4.79 Å². The first-order chi connectivity index (χ1) is 14.2. The molecule has 1 fully saturated rings. The zero-order valence-electron chi connectivity index (χ0n) is 17.6. The van der Waals surface area contributed by atoms with Crippen LogP contribution in [-0.4, -0.2) is 79.2 Å². The Hall–Kier alpha value is -1.77. The highest BCUT2D eigenvalue weighted by atomic mass is 32.2. The van der Waals surface area contributed by atoms with Crippen LogP contribution in [0.5, 0.6) is 11.5 Å². The molecule has 0 aromatic heterocycles. The number of benzene rings is 1. The van der Waals surface area contributed by atoms with Crippen LogP contribution in [0.3, 0.4) is 0 Å². The highest BCUT2D eigenvalue weighted by Gasteiger charge is 2.30. The average molecular weight is 422 g/mol. The van der Waals surface area contributed by atoms with Gasteiger partial charge in [0.15, 0.2) is 11.5 Å². The number of nitrogens with zero attached hydrogens (tertiary/aromatic N) is 3. The van der Waals surface area contributed by atoms with Gasteiger partial charge in [-0.25, -0.2) is 5.01 Å². The van der Waals surface area contributed by atoms with Crippen LogP contribution < -0.4 is 9.47 Å². The van der Waals surface area contributed by atoms with Gasteiger partial charge in [0.25, 0.3) is 0 Å². The minimum absolute atomic E-state index is 0.0282. The summed E-state index contributed by atoms with van der Waals surface area (Å²) >= 11 is 1.36. The third-order valence-corrected chi connectivity index (χ3v) is 6.32. The number of carbonyl (C=O) groups is 1. The molecule has 29 heavy (non-hydrogen) atoms. The Labute approximate surface area is 177 Å². The molecule has 0 radical (unpaired) electrons. The summed E-state index contributed by atoms with van der Waals surface area (Å²) in [6, 6.07) is 5.86. The summed E-state index contributed by atoms with van der Waals surface area (Å²) in [5.74, 6) is 1.40. The Kier molecular flexibility index (Phi) is 8.20. The maximum atomic E-state index is 12.6. The molecule has 0 N–H and O–H groups in total. The van der Waals surface area contributed by atoms with E-state index in [1.165, 1.54) is 11.8 Å². The fourth-order valence-corrected chi connectivity index (χ4v) is 4.46. The number of rotatable bonds is 9. The van der Waals surface area contributed by atoms with Crippen LogP contribution in [0.2, 0.25) is 0 Å². The van der Waals surface area contributed by atoms with Gasteiger partial charge in [0.1, 0.15) is 0 Å². The molecule has 2 heterocycles. The van der Waals surface area contributed by atoms with Gasteiger partial charge in [-0.1, -0.05) is 18.7 Å². The van der Waals surface area contributed by atoms with E-state index >= 15 is 0 Å². The molecule has 1 atom stereocenters.